The summed E-state index contributed by atoms with van der Waals surface area (Å²) < 4.78 is 1.79. The van der Waals surface area contributed by atoms with Gasteiger partial charge in [-0.15, -0.1) is 16.1 Å². The van der Waals surface area contributed by atoms with Gasteiger partial charge in [0.15, 0.2) is 5.82 Å². The minimum Gasteiger partial charge on any atom is -0.507 e. The van der Waals surface area contributed by atoms with E-state index in [0.29, 0.717) is 23.6 Å². The van der Waals surface area contributed by atoms with Crippen LogP contribution < -0.4 is 5.73 Å². The van der Waals surface area contributed by atoms with Crippen LogP contribution in [0, 0.1) is 11.8 Å². The van der Waals surface area contributed by atoms with E-state index in [0.717, 1.165) is 24.1 Å². The lowest BCUT2D eigenvalue weighted by Crippen LogP contribution is -2.30. The van der Waals surface area contributed by atoms with Gasteiger partial charge in [-0.05, 0) is 44.1 Å². The number of aromatic nitrogens is 4. The quantitative estimate of drug-likeness (QED) is 0.637. The molecule has 0 spiro atoms. The van der Waals surface area contributed by atoms with Crippen molar-refractivity contribution in [2.24, 2.45) is 0 Å². The zero-order valence-electron chi connectivity index (χ0n) is 17.0. The van der Waals surface area contributed by atoms with Crippen LogP contribution in [-0.4, -0.2) is 49.6 Å². The number of aromatic hydroxyl groups is 1. The SMILES string of the molecule is Nc1nnc(-c2ccccc2O)cc1-c1cnn(CC#CCCN2CCCCC2)c1. The summed E-state index contributed by atoms with van der Waals surface area (Å²) in [6.07, 6.45) is 8.51. The number of nitrogens with zero attached hydrogens (tertiary/aromatic N) is 5. The van der Waals surface area contributed by atoms with E-state index < -0.39 is 0 Å². The molecule has 1 saturated heterocycles. The number of hydrogen-bond acceptors (Lipinski definition) is 6. The molecule has 0 aliphatic carbocycles. The second-order valence-corrected chi connectivity index (χ2v) is 7.48. The molecule has 0 saturated carbocycles. The van der Waals surface area contributed by atoms with Gasteiger partial charge in [-0.3, -0.25) is 4.68 Å². The van der Waals surface area contributed by atoms with E-state index in [1.165, 1.54) is 32.4 Å². The summed E-state index contributed by atoms with van der Waals surface area (Å²) in [6, 6.07) is 8.84. The third-order valence-electron chi connectivity index (χ3n) is 5.31. The Morgan fingerprint density at radius 3 is 2.70 bits per heavy atom. The maximum absolute atomic E-state index is 10.1. The monoisotopic (exact) mass is 402 g/mol. The minimum atomic E-state index is 0.151. The average Bonchev–Trinajstić information content (AvgIpc) is 3.24. The molecule has 0 radical (unpaired) electrons. The van der Waals surface area contributed by atoms with E-state index in [1.807, 2.05) is 18.3 Å². The summed E-state index contributed by atoms with van der Waals surface area (Å²) in [6.45, 7) is 3.99. The van der Waals surface area contributed by atoms with Gasteiger partial charge in [-0.1, -0.05) is 24.5 Å². The predicted octanol–water partition coefficient (Wildman–Crippen LogP) is 3.17. The summed E-state index contributed by atoms with van der Waals surface area (Å²) in [7, 11) is 0. The predicted molar refractivity (Wildman–Crippen MR) is 117 cm³/mol. The van der Waals surface area contributed by atoms with Crippen molar-refractivity contribution in [1.29, 1.82) is 0 Å². The van der Waals surface area contributed by atoms with Gasteiger partial charge in [0.25, 0.3) is 0 Å². The van der Waals surface area contributed by atoms with Crippen LogP contribution in [0.25, 0.3) is 22.4 Å². The fourth-order valence-corrected chi connectivity index (χ4v) is 3.67. The number of nitrogen functional groups attached to an aromatic ring is 1. The molecular formula is C23H26N6O. The third kappa shape index (κ3) is 4.78. The molecule has 1 fully saturated rings. The van der Waals surface area contributed by atoms with Gasteiger partial charge in [0.2, 0.25) is 0 Å². The maximum Gasteiger partial charge on any atom is 0.154 e. The lowest BCUT2D eigenvalue weighted by Gasteiger charge is -2.25. The first kappa shape index (κ1) is 19.9. The number of anilines is 1. The molecule has 1 aliphatic rings. The van der Waals surface area contributed by atoms with Gasteiger partial charge >= 0.3 is 0 Å². The van der Waals surface area contributed by atoms with E-state index in [-0.39, 0.29) is 5.75 Å². The standard InChI is InChI=1S/C23H26N6O/c24-23-20(15-21(26-27-23)19-9-3-4-10-22(19)30)18-16-25-29(17-18)14-8-2-7-13-28-11-5-1-6-12-28/h3-4,9-10,15-17,30H,1,5-7,11-14H2,(H2,24,27). The summed E-state index contributed by atoms with van der Waals surface area (Å²) in [5.74, 6) is 6.92. The molecule has 4 rings (SSSR count). The lowest BCUT2D eigenvalue weighted by molar-refractivity contribution is 0.234. The van der Waals surface area contributed by atoms with Gasteiger partial charge in [0.05, 0.1) is 11.9 Å². The molecule has 0 amide bonds. The van der Waals surface area contributed by atoms with Crippen molar-refractivity contribution in [2.45, 2.75) is 32.2 Å². The van der Waals surface area contributed by atoms with Gasteiger partial charge in [-0.2, -0.15) is 5.10 Å². The van der Waals surface area contributed by atoms with Crippen LogP contribution in [0.1, 0.15) is 25.7 Å². The number of nitrogens with two attached hydrogens (primary N) is 1. The molecular weight excluding hydrogens is 376 g/mol. The highest BCUT2D eigenvalue weighted by Crippen LogP contribution is 2.31. The van der Waals surface area contributed by atoms with E-state index in [4.69, 9.17) is 5.73 Å². The van der Waals surface area contributed by atoms with Crippen LogP contribution in [0.2, 0.25) is 0 Å². The smallest absolute Gasteiger partial charge is 0.154 e. The van der Waals surface area contributed by atoms with Crippen molar-refractivity contribution in [1.82, 2.24) is 24.9 Å². The summed E-state index contributed by atoms with van der Waals surface area (Å²) in [4.78, 5) is 2.49. The fourth-order valence-electron chi connectivity index (χ4n) is 3.67. The van der Waals surface area contributed by atoms with Crippen molar-refractivity contribution in [3.05, 3.63) is 42.7 Å². The Balaban J connectivity index is 1.42. The molecule has 3 aromatic rings. The van der Waals surface area contributed by atoms with E-state index in [2.05, 4.69) is 32.0 Å². The fraction of sp³-hybridized carbons (Fsp3) is 0.348. The first-order valence-corrected chi connectivity index (χ1v) is 10.3. The Kier molecular flexibility index (Phi) is 6.26. The number of piperidine rings is 1. The second kappa shape index (κ2) is 9.42. The number of hydrogen-bond donors (Lipinski definition) is 2. The zero-order valence-corrected chi connectivity index (χ0v) is 17.0. The van der Waals surface area contributed by atoms with Gasteiger partial charge in [0, 0.05) is 35.9 Å². The van der Waals surface area contributed by atoms with Crippen molar-refractivity contribution in [3.63, 3.8) is 0 Å². The first-order valence-electron chi connectivity index (χ1n) is 10.3. The van der Waals surface area contributed by atoms with E-state index in [1.54, 1.807) is 29.1 Å². The molecule has 7 heteroatoms. The maximum atomic E-state index is 10.1. The summed E-state index contributed by atoms with van der Waals surface area (Å²) >= 11 is 0. The largest absolute Gasteiger partial charge is 0.507 e. The lowest BCUT2D eigenvalue weighted by atomic mass is 10.1. The van der Waals surface area contributed by atoms with E-state index >= 15 is 0 Å². The second-order valence-electron chi connectivity index (χ2n) is 7.48. The average molecular weight is 403 g/mol. The Bertz CT molecular complexity index is 1060. The third-order valence-corrected chi connectivity index (χ3v) is 5.31. The molecule has 3 heterocycles. The zero-order chi connectivity index (χ0) is 20.8. The van der Waals surface area contributed by atoms with Crippen LogP contribution in [0.15, 0.2) is 42.7 Å². The summed E-state index contributed by atoms with van der Waals surface area (Å²) in [5, 5.41) is 22.7. The molecule has 1 aromatic carbocycles. The van der Waals surface area contributed by atoms with Gasteiger partial charge in [-0.25, -0.2) is 0 Å². The van der Waals surface area contributed by atoms with Crippen molar-refractivity contribution in [2.75, 3.05) is 25.4 Å². The summed E-state index contributed by atoms with van der Waals surface area (Å²) in [5.41, 5.74) is 8.79. The van der Waals surface area contributed by atoms with E-state index in [9.17, 15) is 5.11 Å². The van der Waals surface area contributed by atoms with Crippen molar-refractivity contribution >= 4 is 5.82 Å². The highest BCUT2D eigenvalue weighted by atomic mass is 16.3. The molecule has 1 aliphatic heterocycles. The molecule has 0 atom stereocenters. The van der Waals surface area contributed by atoms with Crippen LogP contribution in [0.3, 0.4) is 0 Å². The Hall–Kier alpha value is -3.37. The molecule has 3 N–H and O–H groups in total. The molecule has 154 valence electrons. The van der Waals surface area contributed by atoms with Crippen LogP contribution in [-0.2, 0) is 6.54 Å². The van der Waals surface area contributed by atoms with Crippen molar-refractivity contribution < 1.29 is 5.11 Å². The van der Waals surface area contributed by atoms with Crippen LogP contribution in [0.4, 0.5) is 5.82 Å². The van der Waals surface area contributed by atoms with Crippen LogP contribution >= 0.6 is 0 Å². The number of phenols is 1. The molecule has 2 aromatic heterocycles. The molecule has 7 nitrogen and oxygen atoms in total. The topological polar surface area (TPSA) is 93.1 Å². The van der Waals surface area contributed by atoms with Crippen molar-refractivity contribution in [3.8, 4) is 40.0 Å². The Morgan fingerprint density at radius 1 is 1.03 bits per heavy atom. The van der Waals surface area contributed by atoms with Crippen LogP contribution in [0.5, 0.6) is 5.75 Å². The molecule has 30 heavy (non-hydrogen) atoms. The number of para-hydroxylation sites is 1. The molecule has 0 unspecified atom stereocenters. The number of benzene rings is 1. The minimum absolute atomic E-state index is 0.151. The van der Waals surface area contributed by atoms with Gasteiger partial charge < -0.3 is 15.7 Å². The number of likely N-dealkylation sites (tertiary alicyclic amines) is 1. The van der Waals surface area contributed by atoms with Gasteiger partial charge in [0.1, 0.15) is 12.3 Å². The Morgan fingerprint density at radius 2 is 1.87 bits per heavy atom. The normalized spacial score (nSPS) is 14.3. The first-order chi connectivity index (χ1) is 14.7. The number of rotatable bonds is 5. The Labute approximate surface area is 176 Å². The number of phenolic OH excluding ortho intramolecular Hbond substituents is 1. The highest BCUT2D eigenvalue weighted by Gasteiger charge is 2.12. The molecule has 0 bridgehead atoms. The highest BCUT2D eigenvalue weighted by molar-refractivity contribution is 5.78.